The van der Waals surface area contributed by atoms with Gasteiger partial charge >= 0.3 is 6.18 Å². The van der Waals surface area contributed by atoms with Crippen LogP contribution in [-0.4, -0.2) is 13.6 Å². The molecule has 0 aromatic heterocycles. The lowest BCUT2D eigenvalue weighted by Crippen LogP contribution is -2.49. The standard InChI is InChI=1S/C15H18F3N/c1-19-10-14(8-13(9-14)5-6-13)11-3-2-4-12(7-11)15(16,17)18/h2-4,7,19H,5-6,8-10H2,1H3. The number of benzene rings is 1. The third-order valence-corrected chi connectivity index (χ3v) is 4.70. The lowest BCUT2D eigenvalue weighted by molar-refractivity contribution is -0.137. The molecule has 1 nitrogen and oxygen atoms in total. The summed E-state index contributed by atoms with van der Waals surface area (Å²) in [6, 6.07) is 5.88. The molecular formula is C15H18F3N. The van der Waals surface area contributed by atoms with E-state index in [1.165, 1.54) is 25.0 Å². The van der Waals surface area contributed by atoms with E-state index in [2.05, 4.69) is 5.32 Å². The van der Waals surface area contributed by atoms with E-state index in [0.717, 1.165) is 31.0 Å². The van der Waals surface area contributed by atoms with Gasteiger partial charge in [0.2, 0.25) is 0 Å². The van der Waals surface area contributed by atoms with Crippen molar-refractivity contribution in [2.45, 2.75) is 37.3 Å². The molecule has 0 heterocycles. The molecule has 2 saturated carbocycles. The molecular weight excluding hydrogens is 251 g/mol. The molecule has 1 N–H and O–H groups in total. The Balaban J connectivity index is 1.91. The Morgan fingerprint density at radius 1 is 1.21 bits per heavy atom. The van der Waals surface area contributed by atoms with E-state index in [4.69, 9.17) is 0 Å². The summed E-state index contributed by atoms with van der Waals surface area (Å²) in [7, 11) is 1.87. The minimum Gasteiger partial charge on any atom is -0.319 e. The molecule has 2 aliphatic carbocycles. The molecule has 0 amide bonds. The molecule has 0 aliphatic heterocycles. The Morgan fingerprint density at radius 3 is 2.42 bits per heavy atom. The van der Waals surface area contributed by atoms with Crippen molar-refractivity contribution in [3.63, 3.8) is 0 Å². The summed E-state index contributed by atoms with van der Waals surface area (Å²) in [5, 5.41) is 3.15. The van der Waals surface area contributed by atoms with Crippen LogP contribution in [0.5, 0.6) is 0 Å². The number of nitrogens with one attached hydrogen (secondary N) is 1. The van der Waals surface area contributed by atoms with Gasteiger partial charge in [0, 0.05) is 12.0 Å². The van der Waals surface area contributed by atoms with Gasteiger partial charge in [-0.25, -0.2) is 0 Å². The highest BCUT2D eigenvalue weighted by molar-refractivity contribution is 5.37. The molecule has 0 atom stereocenters. The maximum atomic E-state index is 12.8. The van der Waals surface area contributed by atoms with Gasteiger partial charge < -0.3 is 5.32 Å². The number of alkyl halides is 3. The first-order valence-electron chi connectivity index (χ1n) is 6.72. The van der Waals surface area contributed by atoms with Crippen LogP contribution in [0.3, 0.4) is 0 Å². The molecule has 0 radical (unpaired) electrons. The largest absolute Gasteiger partial charge is 0.416 e. The van der Waals surface area contributed by atoms with E-state index in [9.17, 15) is 13.2 Å². The third-order valence-electron chi connectivity index (χ3n) is 4.70. The molecule has 0 bridgehead atoms. The average Bonchev–Trinajstić information content (AvgIpc) is 3.08. The minimum atomic E-state index is -4.25. The molecule has 3 rings (SSSR count). The summed E-state index contributed by atoms with van der Waals surface area (Å²) in [5.41, 5.74) is 0.684. The van der Waals surface area contributed by atoms with Crippen molar-refractivity contribution in [2.75, 3.05) is 13.6 Å². The van der Waals surface area contributed by atoms with Crippen molar-refractivity contribution in [2.24, 2.45) is 5.41 Å². The highest BCUT2D eigenvalue weighted by atomic mass is 19.4. The molecule has 1 aromatic rings. The van der Waals surface area contributed by atoms with Gasteiger partial charge in [0.05, 0.1) is 5.56 Å². The quantitative estimate of drug-likeness (QED) is 0.881. The molecule has 2 aliphatic rings. The van der Waals surface area contributed by atoms with Gasteiger partial charge in [-0.3, -0.25) is 0 Å². The Kier molecular flexibility index (Phi) is 2.72. The van der Waals surface area contributed by atoms with Crippen molar-refractivity contribution in [1.82, 2.24) is 5.32 Å². The second-order valence-corrected chi connectivity index (χ2v) is 6.24. The van der Waals surface area contributed by atoms with Crippen LogP contribution in [-0.2, 0) is 11.6 Å². The van der Waals surface area contributed by atoms with E-state index in [0.29, 0.717) is 5.41 Å². The molecule has 1 spiro atoms. The first-order valence-corrected chi connectivity index (χ1v) is 6.72. The summed E-state index contributed by atoms with van der Waals surface area (Å²) in [6.07, 6.45) is 0.303. The molecule has 1 aromatic carbocycles. The number of halogens is 3. The zero-order valence-electron chi connectivity index (χ0n) is 11.0. The zero-order valence-corrected chi connectivity index (χ0v) is 11.0. The van der Waals surface area contributed by atoms with E-state index in [-0.39, 0.29) is 5.41 Å². The van der Waals surface area contributed by atoms with Crippen LogP contribution in [0.4, 0.5) is 13.2 Å². The van der Waals surface area contributed by atoms with Crippen LogP contribution in [0.15, 0.2) is 24.3 Å². The van der Waals surface area contributed by atoms with Gasteiger partial charge in [0.1, 0.15) is 0 Å². The van der Waals surface area contributed by atoms with Gasteiger partial charge in [-0.1, -0.05) is 18.2 Å². The van der Waals surface area contributed by atoms with Crippen LogP contribution in [0.2, 0.25) is 0 Å². The summed E-state index contributed by atoms with van der Waals surface area (Å²) >= 11 is 0. The summed E-state index contributed by atoms with van der Waals surface area (Å²) in [4.78, 5) is 0. The molecule has 104 valence electrons. The molecule has 4 heteroatoms. The maximum Gasteiger partial charge on any atom is 0.416 e. The number of likely N-dealkylation sites (N-methyl/N-ethyl adjacent to an activating group) is 1. The van der Waals surface area contributed by atoms with Crippen molar-refractivity contribution >= 4 is 0 Å². The first-order chi connectivity index (χ1) is 8.89. The summed E-state index contributed by atoms with van der Waals surface area (Å²) in [5.74, 6) is 0. The summed E-state index contributed by atoms with van der Waals surface area (Å²) in [6.45, 7) is 0.760. The van der Waals surface area contributed by atoms with Crippen molar-refractivity contribution in [1.29, 1.82) is 0 Å². The normalized spacial score (nSPS) is 23.2. The van der Waals surface area contributed by atoms with Gasteiger partial charge in [-0.05, 0) is 49.8 Å². The Bertz CT molecular complexity index is 480. The molecule has 0 unspecified atom stereocenters. The predicted molar refractivity (Wildman–Crippen MR) is 67.9 cm³/mol. The second-order valence-electron chi connectivity index (χ2n) is 6.24. The van der Waals surface area contributed by atoms with Crippen molar-refractivity contribution in [3.8, 4) is 0 Å². The average molecular weight is 269 g/mol. The van der Waals surface area contributed by atoms with Crippen LogP contribution < -0.4 is 5.32 Å². The summed E-state index contributed by atoms with van der Waals surface area (Å²) < 4.78 is 38.4. The first kappa shape index (κ1) is 13.0. The van der Waals surface area contributed by atoms with Gasteiger partial charge in [-0.2, -0.15) is 13.2 Å². The maximum absolute atomic E-state index is 12.8. The van der Waals surface area contributed by atoms with E-state index < -0.39 is 11.7 Å². The molecule has 19 heavy (non-hydrogen) atoms. The number of rotatable bonds is 3. The smallest absolute Gasteiger partial charge is 0.319 e. The monoisotopic (exact) mass is 269 g/mol. The lowest BCUT2D eigenvalue weighted by atomic mass is 9.56. The fourth-order valence-corrected chi connectivity index (χ4v) is 3.71. The van der Waals surface area contributed by atoms with Gasteiger partial charge in [0.15, 0.2) is 0 Å². The van der Waals surface area contributed by atoms with Crippen LogP contribution in [0.25, 0.3) is 0 Å². The van der Waals surface area contributed by atoms with Crippen LogP contribution >= 0.6 is 0 Å². The Morgan fingerprint density at radius 2 is 1.89 bits per heavy atom. The lowest BCUT2D eigenvalue weighted by Gasteiger charge is -2.49. The highest BCUT2D eigenvalue weighted by Crippen LogP contribution is 2.68. The topological polar surface area (TPSA) is 12.0 Å². The molecule has 0 saturated heterocycles. The fourth-order valence-electron chi connectivity index (χ4n) is 3.71. The number of hydrogen-bond donors (Lipinski definition) is 1. The third kappa shape index (κ3) is 2.16. The fraction of sp³-hybridized carbons (Fsp3) is 0.600. The predicted octanol–water partition coefficient (Wildman–Crippen LogP) is 3.74. The zero-order chi connectivity index (χ0) is 13.7. The van der Waals surface area contributed by atoms with Crippen LogP contribution in [0, 0.1) is 5.41 Å². The Hall–Kier alpha value is -1.03. The van der Waals surface area contributed by atoms with E-state index >= 15 is 0 Å². The molecule has 2 fully saturated rings. The van der Waals surface area contributed by atoms with Gasteiger partial charge in [-0.15, -0.1) is 0 Å². The van der Waals surface area contributed by atoms with Crippen molar-refractivity contribution in [3.05, 3.63) is 35.4 Å². The second kappa shape index (κ2) is 3.98. The SMILES string of the molecule is CNCC1(c2cccc(C(F)(F)F)c2)CC2(CC2)C1. The minimum absolute atomic E-state index is 0.0908. The van der Waals surface area contributed by atoms with Crippen LogP contribution in [0.1, 0.15) is 36.8 Å². The Labute approximate surface area is 111 Å². The van der Waals surface area contributed by atoms with Crippen molar-refractivity contribution < 1.29 is 13.2 Å². The van der Waals surface area contributed by atoms with E-state index in [1.54, 1.807) is 0 Å². The highest BCUT2D eigenvalue weighted by Gasteiger charge is 2.60. The van der Waals surface area contributed by atoms with Gasteiger partial charge in [0.25, 0.3) is 0 Å². The number of hydrogen-bond acceptors (Lipinski definition) is 1. The van der Waals surface area contributed by atoms with E-state index in [1.807, 2.05) is 13.1 Å².